The number of thioether (sulfide) groups is 1. The number of benzene rings is 4. The molecule has 1 aliphatic heterocycles. The van der Waals surface area contributed by atoms with E-state index in [-0.39, 0.29) is 35.5 Å². The van der Waals surface area contributed by atoms with Crippen molar-refractivity contribution in [1.82, 2.24) is 5.32 Å². The molecule has 6 nitrogen and oxygen atoms in total. The zero-order valence-electron chi connectivity index (χ0n) is 20.5. The van der Waals surface area contributed by atoms with Gasteiger partial charge in [0.15, 0.2) is 5.17 Å². The van der Waals surface area contributed by atoms with Crippen LogP contribution in [0.3, 0.4) is 0 Å². The molecule has 0 atom stereocenters. The molecule has 4 aromatic carbocycles. The summed E-state index contributed by atoms with van der Waals surface area (Å²) < 4.78 is 6.25. The van der Waals surface area contributed by atoms with Gasteiger partial charge in [0.1, 0.15) is 17.3 Å². The standard InChI is InChI=1S/C27H19N2O2S.C2H4O2.Na/c30-26-25(32-27(29-26)28-23-13-5-2-6-14-23)24(31-18-19-9-3-1-4-10-19)22-16-15-20-11-7-8-12-21(20)17-22;1-2(3)4;/h1,3-17H,18H2,(H,28,29,30);1H3,(H,3,4);/q-1;;+1. The first-order chi connectivity index (χ1) is 17.5. The van der Waals surface area contributed by atoms with Gasteiger partial charge < -0.3 is 15.2 Å². The number of carbonyl (C=O) groups excluding carboxylic acids is 1. The van der Waals surface area contributed by atoms with Crippen molar-refractivity contribution in [3.63, 3.8) is 0 Å². The summed E-state index contributed by atoms with van der Waals surface area (Å²) in [6, 6.07) is 34.4. The van der Waals surface area contributed by atoms with E-state index >= 15 is 0 Å². The summed E-state index contributed by atoms with van der Waals surface area (Å²) >= 11 is 1.29. The van der Waals surface area contributed by atoms with Gasteiger partial charge in [0, 0.05) is 12.5 Å². The number of amidine groups is 1. The second-order valence-electron chi connectivity index (χ2n) is 7.74. The number of nitrogens with one attached hydrogen (secondary N) is 1. The topological polar surface area (TPSA) is 88.0 Å². The van der Waals surface area contributed by atoms with Gasteiger partial charge >= 0.3 is 29.6 Å². The van der Waals surface area contributed by atoms with E-state index in [0.29, 0.717) is 22.4 Å². The number of amides is 1. The Morgan fingerprint density at radius 3 is 2.32 bits per heavy atom. The summed E-state index contributed by atoms with van der Waals surface area (Å²) in [5, 5.41) is 13.0. The Balaban J connectivity index is 0.000000711. The molecule has 4 aromatic rings. The molecule has 0 spiro atoms. The molecule has 1 aliphatic rings. The average molecular weight is 519 g/mol. The molecule has 5 rings (SSSR count). The van der Waals surface area contributed by atoms with E-state index in [9.17, 15) is 4.79 Å². The van der Waals surface area contributed by atoms with Gasteiger partial charge in [0.05, 0.1) is 0 Å². The van der Waals surface area contributed by atoms with E-state index < -0.39 is 5.97 Å². The molecular weight excluding hydrogens is 495 g/mol. The summed E-state index contributed by atoms with van der Waals surface area (Å²) in [5.41, 5.74) is 2.64. The largest absolute Gasteiger partial charge is 1.00 e. The minimum atomic E-state index is -0.833. The minimum Gasteiger partial charge on any atom is -0.487 e. The van der Waals surface area contributed by atoms with Crippen LogP contribution in [-0.2, 0) is 20.9 Å². The van der Waals surface area contributed by atoms with E-state index in [1.165, 1.54) is 11.8 Å². The predicted octanol–water partition coefficient (Wildman–Crippen LogP) is 3.17. The number of carboxylic acids is 1. The van der Waals surface area contributed by atoms with Gasteiger partial charge in [-0.3, -0.25) is 14.6 Å². The molecule has 0 aliphatic carbocycles. The van der Waals surface area contributed by atoms with Crippen molar-refractivity contribution in [3.05, 3.63) is 119 Å². The van der Waals surface area contributed by atoms with Crippen LogP contribution in [0.4, 0.5) is 5.69 Å². The van der Waals surface area contributed by atoms with Crippen LogP contribution in [0.15, 0.2) is 107 Å². The molecule has 0 unspecified atom stereocenters. The Labute approximate surface area is 241 Å². The number of aliphatic carboxylic acids is 1. The van der Waals surface area contributed by atoms with Crippen LogP contribution in [0.1, 0.15) is 18.1 Å². The molecule has 2 N–H and O–H groups in total. The normalized spacial score (nSPS) is 14.7. The third kappa shape index (κ3) is 8.06. The van der Waals surface area contributed by atoms with Crippen molar-refractivity contribution in [2.45, 2.75) is 13.5 Å². The molecule has 1 heterocycles. The number of ether oxygens (including phenoxy) is 1. The van der Waals surface area contributed by atoms with Gasteiger partial charge in [-0.2, -0.15) is 18.2 Å². The number of rotatable bonds is 5. The van der Waals surface area contributed by atoms with Gasteiger partial charge in [-0.25, -0.2) is 0 Å². The van der Waals surface area contributed by atoms with E-state index in [0.717, 1.165) is 34.5 Å². The Morgan fingerprint density at radius 1 is 0.973 bits per heavy atom. The molecule has 0 aromatic heterocycles. The number of carbonyl (C=O) groups is 2. The smallest absolute Gasteiger partial charge is 0.487 e. The van der Waals surface area contributed by atoms with Crippen LogP contribution in [0.5, 0.6) is 0 Å². The van der Waals surface area contributed by atoms with Crippen LogP contribution >= 0.6 is 11.8 Å². The second kappa shape index (κ2) is 13.8. The van der Waals surface area contributed by atoms with Crippen LogP contribution in [0, 0.1) is 6.07 Å². The van der Waals surface area contributed by atoms with Gasteiger partial charge in [0.2, 0.25) is 0 Å². The van der Waals surface area contributed by atoms with Crippen LogP contribution < -0.4 is 34.9 Å². The zero-order valence-corrected chi connectivity index (χ0v) is 23.3. The number of fused-ring (bicyclic) bond motifs is 1. The third-order valence-corrected chi connectivity index (χ3v) is 5.96. The number of aliphatic imine (C=N–C) groups is 1. The van der Waals surface area contributed by atoms with Gasteiger partial charge in [-0.15, -0.1) is 12.1 Å². The number of nitrogens with zero attached hydrogens (tertiary/aromatic N) is 1. The number of hydrogen-bond acceptors (Lipinski definition) is 5. The molecule has 180 valence electrons. The minimum absolute atomic E-state index is 0. The second-order valence-corrected chi connectivity index (χ2v) is 8.74. The monoisotopic (exact) mass is 518 g/mol. The van der Waals surface area contributed by atoms with Gasteiger partial charge in [0.25, 0.3) is 11.9 Å². The zero-order chi connectivity index (χ0) is 25.3. The first-order valence-electron chi connectivity index (χ1n) is 11.1. The maximum atomic E-state index is 12.9. The van der Waals surface area contributed by atoms with Crippen molar-refractivity contribution in [2.75, 3.05) is 0 Å². The summed E-state index contributed by atoms with van der Waals surface area (Å²) in [4.78, 5) is 26.9. The molecule has 8 heteroatoms. The van der Waals surface area contributed by atoms with E-state index in [1.807, 2.05) is 66.7 Å². The molecule has 37 heavy (non-hydrogen) atoms. The van der Waals surface area contributed by atoms with E-state index in [2.05, 4.69) is 34.6 Å². The molecule has 0 radical (unpaired) electrons. The first-order valence-corrected chi connectivity index (χ1v) is 11.9. The fourth-order valence-corrected chi connectivity index (χ4v) is 4.33. The maximum Gasteiger partial charge on any atom is 1.00 e. The summed E-state index contributed by atoms with van der Waals surface area (Å²) in [6.45, 7) is 1.45. The predicted molar refractivity (Wildman–Crippen MR) is 144 cm³/mol. The summed E-state index contributed by atoms with van der Waals surface area (Å²) in [6.07, 6.45) is 0. The van der Waals surface area contributed by atoms with Gasteiger partial charge in [-0.1, -0.05) is 66.7 Å². The SMILES string of the molecule is CC(=O)O.O=C1NC(=Nc2cc[c-]cc2)SC1=C(OCc1ccccc1)c1ccc2ccccc2c1.[Na+]. The summed E-state index contributed by atoms with van der Waals surface area (Å²) in [7, 11) is 0. The first kappa shape index (κ1) is 28.2. The Morgan fingerprint density at radius 2 is 1.62 bits per heavy atom. The average Bonchev–Trinajstić information content (AvgIpc) is 3.24. The van der Waals surface area contributed by atoms with E-state index in [4.69, 9.17) is 14.6 Å². The van der Waals surface area contributed by atoms with Crippen LogP contribution in [0.25, 0.3) is 16.5 Å². The maximum absolute atomic E-state index is 12.9. The number of carboxylic acid groups (broad SMARTS) is 1. The van der Waals surface area contributed by atoms with Crippen molar-refractivity contribution in [3.8, 4) is 0 Å². The quantitative estimate of drug-likeness (QED) is 0.183. The van der Waals surface area contributed by atoms with Crippen LogP contribution in [-0.4, -0.2) is 22.2 Å². The Hall–Kier alpha value is -3.36. The molecular formula is C29H23N2NaO4S. The van der Waals surface area contributed by atoms with Crippen molar-refractivity contribution < 1.29 is 49.0 Å². The van der Waals surface area contributed by atoms with Crippen molar-refractivity contribution in [2.24, 2.45) is 4.99 Å². The molecule has 0 saturated carbocycles. The number of hydrogen-bond donors (Lipinski definition) is 2. The van der Waals surface area contributed by atoms with E-state index in [1.54, 1.807) is 12.1 Å². The molecule has 1 fully saturated rings. The van der Waals surface area contributed by atoms with Crippen LogP contribution in [0.2, 0.25) is 0 Å². The molecule has 0 bridgehead atoms. The van der Waals surface area contributed by atoms with Crippen molar-refractivity contribution >= 4 is 51.0 Å². The van der Waals surface area contributed by atoms with Gasteiger partial charge in [-0.05, 0) is 39.9 Å². The third-order valence-electron chi connectivity index (χ3n) is 5.00. The molecule has 1 amide bonds. The fourth-order valence-electron chi connectivity index (χ4n) is 3.43. The Kier molecular flexibility index (Phi) is 10.5. The Bertz CT molecular complexity index is 1440. The fraction of sp³-hybridized carbons (Fsp3) is 0.0690. The summed E-state index contributed by atoms with van der Waals surface area (Å²) in [5.74, 6) is -0.499. The molecule has 1 saturated heterocycles. The van der Waals surface area contributed by atoms with Crippen molar-refractivity contribution in [1.29, 1.82) is 0 Å².